The summed E-state index contributed by atoms with van der Waals surface area (Å²) in [5.41, 5.74) is 1.32. The van der Waals surface area contributed by atoms with Crippen molar-refractivity contribution in [2.24, 2.45) is 0 Å². The van der Waals surface area contributed by atoms with Crippen molar-refractivity contribution in [1.29, 1.82) is 0 Å². The van der Waals surface area contributed by atoms with Crippen molar-refractivity contribution < 1.29 is 4.21 Å². The third kappa shape index (κ3) is 4.35. The van der Waals surface area contributed by atoms with E-state index in [4.69, 9.17) is 0 Å². The van der Waals surface area contributed by atoms with Gasteiger partial charge in [-0.15, -0.1) is 11.3 Å². The number of thiazole rings is 1. The number of benzene rings is 1. The molecule has 1 atom stereocenters. The van der Waals surface area contributed by atoms with Gasteiger partial charge in [0.25, 0.3) is 0 Å². The van der Waals surface area contributed by atoms with Crippen molar-refractivity contribution in [2.45, 2.75) is 25.5 Å². The first-order valence-electron chi connectivity index (χ1n) is 6.04. The third-order valence-electron chi connectivity index (χ3n) is 2.65. The van der Waals surface area contributed by atoms with Crippen LogP contribution in [0.15, 0.2) is 36.5 Å². The molecule has 1 aromatic carbocycles. The molecule has 0 saturated carbocycles. The molecule has 0 saturated heterocycles. The smallest absolute Gasteiger partial charge is 0.0897 e. The minimum atomic E-state index is -0.761. The molecule has 1 aromatic heterocycles. The molecule has 2 aromatic rings. The maximum Gasteiger partial charge on any atom is 0.0897 e. The highest BCUT2D eigenvalue weighted by Crippen LogP contribution is 2.14. The lowest BCUT2D eigenvalue weighted by atomic mass is 10.1. The van der Waals surface area contributed by atoms with Gasteiger partial charge in [0.1, 0.15) is 0 Å². The summed E-state index contributed by atoms with van der Waals surface area (Å²) in [7, 11) is -0.761. The average Bonchev–Trinajstić information content (AvgIpc) is 2.76. The Morgan fingerprint density at radius 2 is 2.06 bits per heavy atom. The zero-order chi connectivity index (χ0) is 12.8. The second-order valence-electron chi connectivity index (χ2n) is 4.22. The van der Waals surface area contributed by atoms with Gasteiger partial charge in [-0.3, -0.25) is 4.21 Å². The van der Waals surface area contributed by atoms with E-state index >= 15 is 0 Å². The van der Waals surface area contributed by atoms with Crippen LogP contribution in [0, 0.1) is 6.92 Å². The first kappa shape index (κ1) is 13.4. The fourth-order valence-electron chi connectivity index (χ4n) is 1.78. The van der Waals surface area contributed by atoms with Crippen molar-refractivity contribution in [1.82, 2.24) is 4.98 Å². The topological polar surface area (TPSA) is 30.0 Å². The van der Waals surface area contributed by atoms with Crippen LogP contribution >= 0.6 is 11.3 Å². The Hall–Kier alpha value is -1.00. The second kappa shape index (κ2) is 6.81. The van der Waals surface area contributed by atoms with Gasteiger partial charge in [-0.05, 0) is 25.3 Å². The van der Waals surface area contributed by atoms with Crippen LogP contribution in [-0.2, 0) is 23.0 Å². The first-order valence-corrected chi connectivity index (χ1v) is 8.35. The number of hydrogen-bond acceptors (Lipinski definition) is 3. The van der Waals surface area contributed by atoms with E-state index in [1.54, 1.807) is 11.3 Å². The molecule has 0 bridgehead atoms. The SMILES string of the molecule is Cc1ncc(C[S@](=O)CCCc2ccccc2)s1. The predicted molar refractivity (Wildman–Crippen MR) is 78.3 cm³/mol. The van der Waals surface area contributed by atoms with Crippen molar-refractivity contribution in [3.05, 3.63) is 52.0 Å². The van der Waals surface area contributed by atoms with Gasteiger partial charge >= 0.3 is 0 Å². The molecule has 96 valence electrons. The number of aromatic nitrogens is 1. The molecule has 0 aliphatic carbocycles. The number of rotatable bonds is 6. The lowest BCUT2D eigenvalue weighted by Crippen LogP contribution is -2.01. The fraction of sp³-hybridized carbons (Fsp3) is 0.357. The van der Waals surface area contributed by atoms with Crippen LogP contribution < -0.4 is 0 Å². The van der Waals surface area contributed by atoms with Crippen LogP contribution in [-0.4, -0.2) is 14.9 Å². The van der Waals surface area contributed by atoms with E-state index in [2.05, 4.69) is 17.1 Å². The Morgan fingerprint density at radius 1 is 1.28 bits per heavy atom. The summed E-state index contributed by atoms with van der Waals surface area (Å²) in [5, 5.41) is 1.05. The summed E-state index contributed by atoms with van der Waals surface area (Å²) in [4.78, 5) is 5.31. The van der Waals surface area contributed by atoms with E-state index in [-0.39, 0.29) is 0 Å². The van der Waals surface area contributed by atoms with Crippen molar-refractivity contribution >= 4 is 22.1 Å². The molecule has 0 fully saturated rings. The molecule has 0 amide bonds. The van der Waals surface area contributed by atoms with Crippen molar-refractivity contribution in [2.75, 3.05) is 5.75 Å². The quantitative estimate of drug-likeness (QED) is 0.812. The van der Waals surface area contributed by atoms with E-state index in [9.17, 15) is 4.21 Å². The van der Waals surface area contributed by atoms with Gasteiger partial charge in [0, 0.05) is 27.6 Å². The van der Waals surface area contributed by atoms with Crippen LogP contribution in [0.3, 0.4) is 0 Å². The van der Waals surface area contributed by atoms with Gasteiger partial charge in [0.05, 0.1) is 10.8 Å². The van der Waals surface area contributed by atoms with Gasteiger partial charge in [-0.2, -0.15) is 0 Å². The Kier molecular flexibility index (Phi) is 5.08. The molecule has 0 aliphatic heterocycles. The van der Waals surface area contributed by atoms with E-state index in [1.165, 1.54) is 5.56 Å². The van der Waals surface area contributed by atoms with Gasteiger partial charge < -0.3 is 0 Å². The molecule has 1 heterocycles. The Bertz CT molecular complexity index is 508. The highest BCUT2D eigenvalue weighted by molar-refractivity contribution is 7.84. The summed E-state index contributed by atoms with van der Waals surface area (Å²) in [6.07, 6.45) is 3.83. The standard InChI is InChI=1S/C14H17NOS2/c1-12-15-10-14(17-12)11-18(16)9-5-8-13-6-3-2-4-7-13/h2-4,6-7,10H,5,8-9,11H2,1H3/t18-/m1/s1. The molecule has 0 unspecified atom stereocenters. The molecule has 4 heteroatoms. The van der Waals surface area contributed by atoms with E-state index in [0.29, 0.717) is 5.75 Å². The van der Waals surface area contributed by atoms with Crippen molar-refractivity contribution in [3.63, 3.8) is 0 Å². The molecule has 0 N–H and O–H groups in total. The minimum Gasteiger partial charge on any atom is -0.259 e. The molecular formula is C14H17NOS2. The highest BCUT2D eigenvalue weighted by atomic mass is 32.2. The summed E-state index contributed by atoms with van der Waals surface area (Å²) in [5.74, 6) is 1.42. The zero-order valence-electron chi connectivity index (χ0n) is 10.5. The first-order chi connectivity index (χ1) is 8.74. The zero-order valence-corrected chi connectivity index (χ0v) is 12.1. The number of hydrogen-bond donors (Lipinski definition) is 0. The highest BCUT2D eigenvalue weighted by Gasteiger charge is 2.04. The van der Waals surface area contributed by atoms with Gasteiger partial charge in [-0.25, -0.2) is 4.98 Å². The Balaban J connectivity index is 1.72. The Labute approximate surface area is 115 Å². The Morgan fingerprint density at radius 3 is 2.72 bits per heavy atom. The number of nitrogens with zero attached hydrogens (tertiary/aromatic N) is 1. The minimum absolute atomic E-state index is 0.653. The molecular weight excluding hydrogens is 262 g/mol. The summed E-state index contributed by atoms with van der Waals surface area (Å²) < 4.78 is 11.9. The van der Waals surface area contributed by atoms with Gasteiger partial charge in [-0.1, -0.05) is 30.3 Å². The normalized spacial score (nSPS) is 12.5. The number of aryl methyl sites for hydroxylation is 2. The maximum absolute atomic E-state index is 11.9. The van der Waals surface area contributed by atoms with Crippen molar-refractivity contribution in [3.8, 4) is 0 Å². The van der Waals surface area contributed by atoms with Crippen LogP contribution in [0.4, 0.5) is 0 Å². The van der Waals surface area contributed by atoms with E-state index in [1.807, 2.05) is 31.3 Å². The largest absolute Gasteiger partial charge is 0.259 e. The lowest BCUT2D eigenvalue weighted by Gasteiger charge is -2.01. The molecule has 2 nitrogen and oxygen atoms in total. The molecule has 18 heavy (non-hydrogen) atoms. The van der Waals surface area contributed by atoms with Crippen LogP contribution in [0.25, 0.3) is 0 Å². The molecule has 0 radical (unpaired) electrons. The van der Waals surface area contributed by atoms with E-state index in [0.717, 1.165) is 28.5 Å². The van der Waals surface area contributed by atoms with E-state index < -0.39 is 10.8 Å². The van der Waals surface area contributed by atoms with Gasteiger partial charge in [0.15, 0.2) is 0 Å². The molecule has 2 rings (SSSR count). The maximum atomic E-state index is 11.9. The summed E-state index contributed by atoms with van der Waals surface area (Å²) >= 11 is 1.64. The lowest BCUT2D eigenvalue weighted by molar-refractivity contribution is 0.680. The molecule has 0 aliphatic rings. The second-order valence-corrected chi connectivity index (χ2v) is 7.12. The van der Waals surface area contributed by atoms with Crippen LogP contribution in [0.5, 0.6) is 0 Å². The average molecular weight is 279 g/mol. The summed E-state index contributed by atoms with van der Waals surface area (Å²) in [6.45, 7) is 1.98. The fourth-order valence-corrected chi connectivity index (χ4v) is 4.01. The monoisotopic (exact) mass is 279 g/mol. The third-order valence-corrected chi connectivity index (χ3v) is 5.13. The van der Waals surface area contributed by atoms with Crippen LogP contribution in [0.1, 0.15) is 21.9 Å². The van der Waals surface area contributed by atoms with Crippen LogP contribution in [0.2, 0.25) is 0 Å². The molecule has 0 spiro atoms. The predicted octanol–water partition coefficient (Wildman–Crippen LogP) is 3.33. The van der Waals surface area contributed by atoms with Gasteiger partial charge in [0.2, 0.25) is 0 Å². The summed E-state index contributed by atoms with van der Waals surface area (Å²) in [6, 6.07) is 10.4.